The number of rotatable bonds is 4. The molecule has 0 atom stereocenters. The Balaban J connectivity index is 2.10. The van der Waals surface area contributed by atoms with Gasteiger partial charge in [0.25, 0.3) is 0 Å². The summed E-state index contributed by atoms with van der Waals surface area (Å²) in [6, 6.07) is 5.29. The molecular weight excluding hydrogens is 255 g/mol. The second kappa shape index (κ2) is 5.71. The highest BCUT2D eigenvalue weighted by Crippen LogP contribution is 2.15. The first kappa shape index (κ1) is 13.4. The predicted octanol–water partition coefficient (Wildman–Crippen LogP) is 2.57. The van der Waals surface area contributed by atoms with Crippen molar-refractivity contribution in [1.29, 1.82) is 0 Å². The van der Waals surface area contributed by atoms with Gasteiger partial charge in [0.05, 0.1) is 6.20 Å². The van der Waals surface area contributed by atoms with Crippen molar-refractivity contribution in [2.45, 2.75) is 13.1 Å². The van der Waals surface area contributed by atoms with E-state index in [0.717, 1.165) is 6.20 Å². The minimum absolute atomic E-state index is 0.0479. The van der Waals surface area contributed by atoms with Crippen LogP contribution in [0.2, 0.25) is 0 Å². The molecule has 0 saturated heterocycles. The van der Waals surface area contributed by atoms with Crippen LogP contribution in [0.25, 0.3) is 0 Å². The molecule has 1 heterocycles. The van der Waals surface area contributed by atoms with Gasteiger partial charge >= 0.3 is 0 Å². The Bertz CT molecular complexity index is 587. The third kappa shape index (κ3) is 3.23. The highest BCUT2D eigenvalue weighted by Gasteiger charge is 2.07. The monoisotopic (exact) mass is 267 g/mol. The molecule has 0 aliphatic heterocycles. The van der Waals surface area contributed by atoms with Crippen molar-refractivity contribution in [3.63, 3.8) is 0 Å². The van der Waals surface area contributed by atoms with Crippen LogP contribution in [0.1, 0.15) is 11.1 Å². The number of nitrogens with one attached hydrogen (secondary N) is 1. The predicted molar refractivity (Wildman–Crippen MR) is 65.8 cm³/mol. The summed E-state index contributed by atoms with van der Waals surface area (Å²) in [5.41, 5.74) is 6.41. The van der Waals surface area contributed by atoms with Gasteiger partial charge < -0.3 is 11.1 Å². The molecule has 0 radical (unpaired) electrons. The topological polar surface area (TPSA) is 50.9 Å². The summed E-state index contributed by atoms with van der Waals surface area (Å²) in [5.74, 6) is -2.14. The second-order valence-corrected chi connectivity index (χ2v) is 3.97. The number of halogens is 3. The number of aromatic nitrogens is 1. The van der Waals surface area contributed by atoms with E-state index in [2.05, 4.69) is 10.3 Å². The van der Waals surface area contributed by atoms with Crippen LogP contribution in [0.3, 0.4) is 0 Å². The number of pyridine rings is 1. The molecule has 2 rings (SSSR count). The molecule has 0 amide bonds. The number of hydrogen-bond acceptors (Lipinski definition) is 3. The molecule has 3 nitrogen and oxygen atoms in total. The molecular formula is C13H12F3N3. The lowest BCUT2D eigenvalue weighted by Crippen LogP contribution is -2.06. The molecule has 2 aromatic rings. The van der Waals surface area contributed by atoms with Crippen molar-refractivity contribution < 1.29 is 13.2 Å². The molecule has 1 aromatic heterocycles. The lowest BCUT2D eigenvalue weighted by Gasteiger charge is -2.08. The van der Waals surface area contributed by atoms with Gasteiger partial charge in [-0.05, 0) is 11.6 Å². The summed E-state index contributed by atoms with van der Waals surface area (Å²) in [7, 11) is 0. The van der Waals surface area contributed by atoms with E-state index in [1.165, 1.54) is 6.07 Å². The Kier molecular flexibility index (Phi) is 4.01. The maximum Gasteiger partial charge on any atom is 0.168 e. The number of anilines is 1. The fraction of sp³-hybridized carbons (Fsp3) is 0.154. The van der Waals surface area contributed by atoms with Gasteiger partial charge in [0, 0.05) is 24.7 Å². The molecule has 6 heteroatoms. The van der Waals surface area contributed by atoms with E-state index in [4.69, 9.17) is 5.73 Å². The van der Waals surface area contributed by atoms with Gasteiger partial charge in [-0.2, -0.15) is 0 Å². The first-order valence-corrected chi connectivity index (χ1v) is 5.62. The van der Waals surface area contributed by atoms with Crippen molar-refractivity contribution in [2.75, 3.05) is 5.32 Å². The number of benzene rings is 1. The first-order chi connectivity index (χ1) is 9.10. The smallest absolute Gasteiger partial charge is 0.168 e. The lowest BCUT2D eigenvalue weighted by atomic mass is 10.1. The third-order valence-corrected chi connectivity index (χ3v) is 2.61. The molecule has 19 heavy (non-hydrogen) atoms. The quantitative estimate of drug-likeness (QED) is 0.895. The Hall–Kier alpha value is -2.08. The summed E-state index contributed by atoms with van der Waals surface area (Å²) in [6.07, 6.45) is 0.888. The van der Waals surface area contributed by atoms with Crippen molar-refractivity contribution >= 4 is 5.82 Å². The third-order valence-electron chi connectivity index (χ3n) is 2.61. The number of nitrogens with two attached hydrogens (primary N) is 1. The fourth-order valence-corrected chi connectivity index (χ4v) is 1.58. The van der Waals surface area contributed by atoms with Gasteiger partial charge in [0.15, 0.2) is 11.6 Å². The molecule has 0 fully saturated rings. The number of hydrogen-bond donors (Lipinski definition) is 2. The lowest BCUT2D eigenvalue weighted by molar-refractivity contribution is 0.574. The van der Waals surface area contributed by atoms with E-state index >= 15 is 0 Å². The van der Waals surface area contributed by atoms with Gasteiger partial charge in [0.2, 0.25) is 0 Å². The number of nitrogens with zero attached hydrogens (tertiary/aromatic N) is 1. The zero-order valence-electron chi connectivity index (χ0n) is 9.96. The Morgan fingerprint density at radius 1 is 1.11 bits per heavy atom. The van der Waals surface area contributed by atoms with Crippen LogP contribution in [0, 0.1) is 17.5 Å². The van der Waals surface area contributed by atoms with E-state index < -0.39 is 17.5 Å². The van der Waals surface area contributed by atoms with Crippen LogP contribution in [0.5, 0.6) is 0 Å². The highest BCUT2D eigenvalue weighted by molar-refractivity contribution is 5.37. The Morgan fingerprint density at radius 2 is 1.89 bits per heavy atom. The van der Waals surface area contributed by atoms with E-state index in [1.807, 2.05) is 0 Å². The van der Waals surface area contributed by atoms with E-state index in [9.17, 15) is 13.2 Å². The van der Waals surface area contributed by atoms with Crippen molar-refractivity contribution in [3.05, 3.63) is 59.0 Å². The summed E-state index contributed by atoms with van der Waals surface area (Å²) < 4.78 is 39.6. The molecule has 0 bridgehead atoms. The largest absolute Gasteiger partial charge is 0.363 e. The summed E-state index contributed by atoms with van der Waals surface area (Å²) >= 11 is 0. The van der Waals surface area contributed by atoms with Crippen molar-refractivity contribution in [2.24, 2.45) is 5.73 Å². The van der Waals surface area contributed by atoms with Crippen molar-refractivity contribution in [3.8, 4) is 0 Å². The molecule has 1 aromatic carbocycles. The Morgan fingerprint density at radius 3 is 2.53 bits per heavy atom. The van der Waals surface area contributed by atoms with Gasteiger partial charge in [-0.25, -0.2) is 18.2 Å². The zero-order chi connectivity index (χ0) is 13.8. The van der Waals surface area contributed by atoms with Crippen LogP contribution in [-0.4, -0.2) is 4.98 Å². The highest BCUT2D eigenvalue weighted by atomic mass is 19.1. The van der Waals surface area contributed by atoms with Crippen LogP contribution in [0.15, 0.2) is 30.5 Å². The van der Waals surface area contributed by atoms with Gasteiger partial charge in [-0.3, -0.25) is 0 Å². The maximum atomic E-state index is 13.6. The summed E-state index contributed by atoms with van der Waals surface area (Å²) in [4.78, 5) is 3.55. The summed E-state index contributed by atoms with van der Waals surface area (Å²) in [5, 5.41) is 2.61. The summed E-state index contributed by atoms with van der Waals surface area (Å²) in [6.45, 7) is 0.297. The molecule has 100 valence electrons. The van der Waals surface area contributed by atoms with Crippen LogP contribution >= 0.6 is 0 Å². The SMILES string of the molecule is NCc1ccc(CNc2ncc(F)cc2F)c(F)c1. The van der Waals surface area contributed by atoms with Gasteiger partial charge in [-0.15, -0.1) is 0 Å². The fourth-order valence-electron chi connectivity index (χ4n) is 1.58. The molecule has 0 aliphatic carbocycles. The van der Waals surface area contributed by atoms with E-state index in [-0.39, 0.29) is 18.9 Å². The van der Waals surface area contributed by atoms with Crippen LogP contribution in [0.4, 0.5) is 19.0 Å². The van der Waals surface area contributed by atoms with Crippen molar-refractivity contribution in [1.82, 2.24) is 4.98 Å². The van der Waals surface area contributed by atoms with Crippen LogP contribution < -0.4 is 11.1 Å². The first-order valence-electron chi connectivity index (χ1n) is 5.62. The van der Waals surface area contributed by atoms with Gasteiger partial charge in [0.1, 0.15) is 11.6 Å². The van der Waals surface area contributed by atoms with E-state index in [1.54, 1.807) is 12.1 Å². The zero-order valence-corrected chi connectivity index (χ0v) is 9.96. The average molecular weight is 267 g/mol. The minimum Gasteiger partial charge on any atom is -0.363 e. The maximum absolute atomic E-state index is 13.6. The Labute approximate surface area is 108 Å². The molecule has 0 aliphatic rings. The standard InChI is InChI=1S/C13H12F3N3/c14-10-4-12(16)13(19-7-10)18-6-9-2-1-8(5-17)3-11(9)15/h1-4,7H,5-6,17H2,(H,18,19). The molecule has 0 unspecified atom stereocenters. The molecule has 0 saturated carbocycles. The van der Waals surface area contributed by atoms with Crippen LogP contribution in [-0.2, 0) is 13.1 Å². The molecule has 3 N–H and O–H groups in total. The molecule has 0 spiro atoms. The minimum atomic E-state index is -0.820. The van der Waals surface area contributed by atoms with E-state index in [0.29, 0.717) is 17.2 Å². The second-order valence-electron chi connectivity index (χ2n) is 3.97. The normalized spacial score (nSPS) is 10.5. The van der Waals surface area contributed by atoms with Gasteiger partial charge in [-0.1, -0.05) is 12.1 Å². The average Bonchev–Trinajstić information content (AvgIpc) is 2.39.